The number of carbonyl (C=O) groups excluding carboxylic acids is 1. The Morgan fingerprint density at radius 3 is 2.53 bits per heavy atom. The van der Waals surface area contributed by atoms with Gasteiger partial charge in [0.1, 0.15) is 30.5 Å². The molecule has 2 atom stereocenters. The van der Waals surface area contributed by atoms with E-state index < -0.39 is 0 Å². The highest BCUT2D eigenvalue weighted by atomic mass is 16.5. The molecule has 1 aromatic carbocycles. The standard InChI is InChI=1S/C37H44N8O6/c38-37-33(21-32(40-41-37)31-3-1-2-4-34(31)47)44-22-25-5-6-26(23-44)45(25)24-7-11-39-35(17-24)50-30-18-29(19-30)49-27-8-12-43(13-9-27)14-16-48-36-20-28(10-15-46)51-42-36/h1-4,7,11,15,17,20-21,25-27,29-30,47H,5-6,8-10,12-14,16,18-19,22-23H2,(H2,38,41)/t25?,26?,29-,30-. The van der Waals surface area contributed by atoms with Crippen LogP contribution in [0.15, 0.2) is 59.3 Å². The highest BCUT2D eigenvalue weighted by molar-refractivity contribution is 5.74. The number of rotatable bonds is 13. The van der Waals surface area contributed by atoms with Gasteiger partial charge in [-0.15, -0.1) is 10.2 Å². The molecule has 268 valence electrons. The van der Waals surface area contributed by atoms with Gasteiger partial charge in [0.25, 0.3) is 5.88 Å². The van der Waals surface area contributed by atoms with Crippen molar-refractivity contribution < 1.29 is 28.6 Å². The summed E-state index contributed by atoms with van der Waals surface area (Å²) in [5.41, 5.74) is 9.57. The zero-order valence-corrected chi connectivity index (χ0v) is 28.5. The lowest BCUT2D eigenvalue weighted by atomic mass is 9.91. The van der Waals surface area contributed by atoms with Gasteiger partial charge in [0.05, 0.1) is 30.0 Å². The summed E-state index contributed by atoms with van der Waals surface area (Å²) in [5, 5.41) is 22.7. The highest BCUT2D eigenvalue weighted by Gasteiger charge is 2.41. The summed E-state index contributed by atoms with van der Waals surface area (Å²) in [4.78, 5) is 22.4. The van der Waals surface area contributed by atoms with Crippen LogP contribution >= 0.6 is 0 Å². The minimum absolute atomic E-state index is 0.104. The Kier molecular flexibility index (Phi) is 9.59. The Bertz CT molecular complexity index is 1800. The lowest BCUT2D eigenvalue weighted by Gasteiger charge is -2.43. The van der Waals surface area contributed by atoms with Gasteiger partial charge >= 0.3 is 0 Å². The number of aldehydes is 1. The molecule has 2 bridgehead atoms. The van der Waals surface area contributed by atoms with Crippen LogP contribution in [0.5, 0.6) is 17.5 Å². The first-order chi connectivity index (χ1) is 25.0. The number of para-hydroxylation sites is 1. The first-order valence-electron chi connectivity index (χ1n) is 18.0. The van der Waals surface area contributed by atoms with E-state index >= 15 is 0 Å². The number of piperidine rings is 1. The monoisotopic (exact) mass is 696 g/mol. The fraction of sp³-hybridized carbons (Fsp3) is 0.486. The Morgan fingerprint density at radius 1 is 0.941 bits per heavy atom. The summed E-state index contributed by atoms with van der Waals surface area (Å²) in [6.45, 7) is 4.89. The van der Waals surface area contributed by atoms with E-state index in [4.69, 9.17) is 24.5 Å². The van der Waals surface area contributed by atoms with E-state index in [9.17, 15) is 9.90 Å². The molecule has 14 nitrogen and oxygen atoms in total. The van der Waals surface area contributed by atoms with Gasteiger partial charge in [-0.2, -0.15) is 0 Å². The molecular weight excluding hydrogens is 652 g/mol. The van der Waals surface area contributed by atoms with Crippen LogP contribution in [-0.4, -0.2) is 106 Å². The van der Waals surface area contributed by atoms with Gasteiger partial charge in [0.2, 0.25) is 5.88 Å². The third kappa shape index (κ3) is 7.42. The summed E-state index contributed by atoms with van der Waals surface area (Å²) < 4.78 is 23.5. The second kappa shape index (κ2) is 14.7. The predicted molar refractivity (Wildman–Crippen MR) is 189 cm³/mol. The van der Waals surface area contributed by atoms with Crippen LogP contribution < -0.4 is 25.0 Å². The van der Waals surface area contributed by atoms with Crippen molar-refractivity contribution in [1.29, 1.82) is 0 Å². The van der Waals surface area contributed by atoms with E-state index in [0.29, 0.717) is 53.3 Å². The van der Waals surface area contributed by atoms with E-state index in [1.54, 1.807) is 18.2 Å². The maximum Gasteiger partial charge on any atom is 0.254 e. The highest BCUT2D eigenvalue weighted by Crippen LogP contribution is 2.40. The van der Waals surface area contributed by atoms with Crippen molar-refractivity contribution in [3.63, 3.8) is 0 Å². The number of anilines is 3. The smallest absolute Gasteiger partial charge is 0.254 e. The molecule has 3 aromatic heterocycles. The lowest BCUT2D eigenvalue weighted by Crippen LogP contribution is -2.54. The molecule has 0 radical (unpaired) electrons. The fourth-order valence-electron chi connectivity index (χ4n) is 7.87. The first-order valence-corrected chi connectivity index (χ1v) is 18.0. The minimum atomic E-state index is 0.104. The summed E-state index contributed by atoms with van der Waals surface area (Å²) in [5.74, 6) is 2.16. The minimum Gasteiger partial charge on any atom is -0.507 e. The van der Waals surface area contributed by atoms with Gasteiger partial charge in [-0.05, 0) is 55.1 Å². The van der Waals surface area contributed by atoms with Crippen molar-refractivity contribution in [2.45, 2.75) is 75.3 Å². The normalized spacial score (nSPS) is 23.6. The van der Waals surface area contributed by atoms with Gasteiger partial charge in [-0.3, -0.25) is 4.90 Å². The number of benzene rings is 1. The van der Waals surface area contributed by atoms with E-state index in [1.165, 1.54) is 0 Å². The van der Waals surface area contributed by atoms with Crippen LogP contribution in [0.25, 0.3) is 11.3 Å². The number of phenolic OH excluding ortho intramolecular Hbond substituents is 1. The quantitative estimate of drug-likeness (QED) is 0.193. The number of piperazine rings is 1. The Hall–Kier alpha value is -4.95. The van der Waals surface area contributed by atoms with Crippen LogP contribution in [0, 0.1) is 0 Å². The molecule has 1 aliphatic carbocycles. The number of hydrogen-bond acceptors (Lipinski definition) is 14. The predicted octanol–water partition coefficient (Wildman–Crippen LogP) is 3.88. The number of likely N-dealkylation sites (tertiary alicyclic amines) is 1. The molecule has 3 saturated heterocycles. The van der Waals surface area contributed by atoms with Crippen molar-refractivity contribution in [2.75, 3.05) is 54.9 Å². The molecule has 0 amide bonds. The molecule has 1 saturated carbocycles. The molecule has 0 spiro atoms. The number of fused-ring (bicyclic) bond motifs is 2. The van der Waals surface area contributed by atoms with Gasteiger partial charge < -0.3 is 44.2 Å². The number of hydrogen-bond donors (Lipinski definition) is 2. The van der Waals surface area contributed by atoms with Gasteiger partial charge in [-0.25, -0.2) is 4.98 Å². The Morgan fingerprint density at radius 2 is 1.75 bits per heavy atom. The summed E-state index contributed by atoms with van der Waals surface area (Å²) in [6.07, 6.45) is 9.34. The average molecular weight is 697 g/mol. The fourth-order valence-corrected chi connectivity index (χ4v) is 7.87. The number of nitrogen functional groups attached to an aromatic ring is 1. The average Bonchev–Trinajstić information content (AvgIpc) is 3.69. The zero-order valence-electron chi connectivity index (χ0n) is 28.5. The summed E-state index contributed by atoms with van der Waals surface area (Å²) >= 11 is 0. The molecule has 51 heavy (non-hydrogen) atoms. The molecule has 3 N–H and O–H groups in total. The molecular formula is C37H44N8O6. The molecule has 8 rings (SSSR count). The molecule has 2 unspecified atom stereocenters. The largest absolute Gasteiger partial charge is 0.507 e. The van der Waals surface area contributed by atoms with Gasteiger partial charge in [0, 0.05) is 87.2 Å². The third-order valence-corrected chi connectivity index (χ3v) is 10.6. The lowest BCUT2D eigenvalue weighted by molar-refractivity contribution is -0.111. The number of aromatic nitrogens is 4. The van der Waals surface area contributed by atoms with Crippen molar-refractivity contribution in [2.24, 2.45) is 0 Å². The molecule has 14 heteroatoms. The number of aromatic hydroxyl groups is 1. The second-order valence-electron chi connectivity index (χ2n) is 13.9. The van der Waals surface area contributed by atoms with E-state index in [-0.39, 0.29) is 30.5 Å². The van der Waals surface area contributed by atoms with Crippen LogP contribution in [0.1, 0.15) is 44.3 Å². The van der Waals surface area contributed by atoms with Crippen LogP contribution in [-0.2, 0) is 16.0 Å². The van der Waals surface area contributed by atoms with Crippen molar-refractivity contribution in [3.05, 3.63) is 60.5 Å². The Labute approximate surface area is 296 Å². The van der Waals surface area contributed by atoms with Crippen LogP contribution in [0.4, 0.5) is 17.2 Å². The first kappa shape index (κ1) is 33.2. The second-order valence-corrected chi connectivity index (χ2v) is 13.9. The SMILES string of the molecule is Nc1nnc(-c2ccccc2O)cc1N1CC2CCC(C1)N2c1ccnc(O[C@H]2C[C@H](OC3CCN(CCOc4cc(CC=O)on4)CC3)C2)c1. The third-order valence-electron chi connectivity index (χ3n) is 10.6. The molecule has 3 aliphatic heterocycles. The number of nitrogens with two attached hydrogens (primary N) is 1. The number of pyridine rings is 1. The van der Waals surface area contributed by atoms with Crippen LogP contribution in [0.2, 0.25) is 0 Å². The number of carbonyl (C=O) groups is 1. The topological polar surface area (TPSA) is 165 Å². The van der Waals surface area contributed by atoms with Gasteiger partial charge in [0.15, 0.2) is 5.82 Å². The van der Waals surface area contributed by atoms with E-state index in [2.05, 4.69) is 47.2 Å². The number of nitrogens with zero attached hydrogens (tertiary/aromatic N) is 7. The number of ether oxygens (including phenoxy) is 3. The molecule has 4 aromatic rings. The van der Waals surface area contributed by atoms with Gasteiger partial charge in [-0.1, -0.05) is 12.1 Å². The molecule has 4 fully saturated rings. The maximum absolute atomic E-state index is 10.6. The van der Waals surface area contributed by atoms with Crippen molar-refractivity contribution in [1.82, 2.24) is 25.2 Å². The number of phenols is 1. The van der Waals surface area contributed by atoms with Crippen LogP contribution in [0.3, 0.4) is 0 Å². The summed E-state index contributed by atoms with van der Waals surface area (Å²) in [7, 11) is 0. The summed E-state index contributed by atoms with van der Waals surface area (Å²) in [6, 6.07) is 15.6. The Balaban J connectivity index is 0.790. The molecule has 4 aliphatic rings. The van der Waals surface area contributed by atoms with Crippen molar-refractivity contribution >= 4 is 23.5 Å². The van der Waals surface area contributed by atoms with E-state index in [0.717, 1.165) is 88.9 Å². The van der Waals surface area contributed by atoms with E-state index in [1.807, 2.05) is 24.4 Å². The molecule has 6 heterocycles. The maximum atomic E-state index is 10.6. The zero-order chi connectivity index (χ0) is 34.7. The van der Waals surface area contributed by atoms with Crippen molar-refractivity contribution in [3.8, 4) is 28.8 Å².